The summed E-state index contributed by atoms with van der Waals surface area (Å²) in [5.74, 6) is -0.652. The molecule has 0 aliphatic heterocycles. The molecule has 1 amide bonds. The van der Waals surface area contributed by atoms with Crippen LogP contribution < -0.4 is 5.32 Å². The van der Waals surface area contributed by atoms with Crippen molar-refractivity contribution in [3.63, 3.8) is 0 Å². The van der Waals surface area contributed by atoms with Gasteiger partial charge in [0.2, 0.25) is 0 Å². The van der Waals surface area contributed by atoms with Crippen molar-refractivity contribution < 1.29 is 18.7 Å². The molecule has 2 N–H and O–H groups in total. The summed E-state index contributed by atoms with van der Waals surface area (Å²) in [6.07, 6.45) is 1.06. The molecule has 1 aromatic carbocycles. The van der Waals surface area contributed by atoms with Gasteiger partial charge in [-0.05, 0) is 49.4 Å². The number of halogens is 4. The van der Waals surface area contributed by atoms with Gasteiger partial charge in [0.1, 0.15) is 18.5 Å². The minimum atomic E-state index is -1.35. The third-order valence-corrected chi connectivity index (χ3v) is 5.76. The minimum Gasteiger partial charge on any atom is -0.387 e. The summed E-state index contributed by atoms with van der Waals surface area (Å²) in [5, 5.41) is 14.3. The van der Waals surface area contributed by atoms with Crippen molar-refractivity contribution in [3.05, 3.63) is 63.4 Å². The number of hydrogen-bond donors (Lipinski definition) is 2. The molecule has 0 unspecified atom stereocenters. The number of nitrogens with zero attached hydrogens (tertiary/aromatic N) is 1. The Balaban J connectivity index is 1.95. The molecule has 0 saturated heterocycles. The summed E-state index contributed by atoms with van der Waals surface area (Å²) >= 11 is 12.2. The lowest BCUT2D eigenvalue weighted by Crippen LogP contribution is -2.48. The third-order valence-electron chi connectivity index (χ3n) is 5.10. The number of carbonyl (C=O) groups is 1. The van der Waals surface area contributed by atoms with Crippen LogP contribution in [0.1, 0.15) is 53.3 Å². The van der Waals surface area contributed by atoms with E-state index >= 15 is 0 Å². The molecule has 1 fully saturated rings. The van der Waals surface area contributed by atoms with Crippen LogP contribution in [-0.4, -0.2) is 27.8 Å². The molecular weight excluding hydrogens is 409 g/mol. The first-order valence-corrected chi connectivity index (χ1v) is 9.72. The molecular formula is C20H20Cl2F2N2O2. The van der Waals surface area contributed by atoms with Gasteiger partial charge in [-0.1, -0.05) is 35.3 Å². The van der Waals surface area contributed by atoms with Crippen molar-refractivity contribution in [2.75, 3.05) is 0 Å². The fourth-order valence-electron chi connectivity index (χ4n) is 3.53. The fourth-order valence-corrected chi connectivity index (χ4v) is 3.98. The molecule has 4 nitrogen and oxygen atoms in total. The summed E-state index contributed by atoms with van der Waals surface area (Å²) < 4.78 is 26.7. The first-order valence-electron chi connectivity index (χ1n) is 8.96. The zero-order chi connectivity index (χ0) is 20.3. The number of aliphatic hydroxyl groups is 1. The van der Waals surface area contributed by atoms with E-state index in [1.807, 2.05) is 0 Å². The fraction of sp³-hybridized carbons (Fsp3) is 0.400. The highest BCUT2D eigenvalue weighted by atomic mass is 35.5. The SMILES string of the molecule is O=C(N[C@@H](c1cccc(Cl)c1)C1(O)CCC(F)CC1)c1nccc(CF)c1Cl. The third kappa shape index (κ3) is 4.45. The second-order valence-corrected chi connectivity index (χ2v) is 7.82. The van der Waals surface area contributed by atoms with Crippen molar-refractivity contribution in [2.45, 2.75) is 50.2 Å². The van der Waals surface area contributed by atoms with E-state index in [1.165, 1.54) is 12.3 Å². The van der Waals surface area contributed by atoms with E-state index < -0.39 is 30.4 Å². The van der Waals surface area contributed by atoms with E-state index in [-0.39, 0.29) is 42.0 Å². The number of alkyl halides is 2. The first kappa shape index (κ1) is 21.0. The van der Waals surface area contributed by atoms with Crippen LogP contribution in [0.2, 0.25) is 10.0 Å². The molecule has 8 heteroatoms. The molecule has 1 heterocycles. The maximum Gasteiger partial charge on any atom is 0.272 e. The second-order valence-electron chi connectivity index (χ2n) is 7.01. The topological polar surface area (TPSA) is 62.2 Å². The van der Waals surface area contributed by atoms with Crippen LogP contribution in [0.5, 0.6) is 0 Å². The van der Waals surface area contributed by atoms with E-state index in [0.717, 1.165) is 0 Å². The molecule has 1 aliphatic carbocycles. The highest BCUT2D eigenvalue weighted by molar-refractivity contribution is 6.34. The summed E-state index contributed by atoms with van der Waals surface area (Å²) in [7, 11) is 0. The van der Waals surface area contributed by atoms with Crippen LogP contribution in [0.3, 0.4) is 0 Å². The average molecular weight is 429 g/mol. The van der Waals surface area contributed by atoms with Gasteiger partial charge < -0.3 is 10.4 Å². The standard InChI is InChI=1S/C20H20Cl2F2N2O2/c21-14-3-1-2-12(10-14)18(20(28)7-4-15(24)5-8-20)26-19(27)17-16(22)13(11-23)6-9-25-17/h1-3,6,9-10,15,18,28H,4-5,7-8,11H2,(H,26,27)/t15?,18-,20?/m0/s1. The number of nitrogens with one attached hydrogen (secondary N) is 1. The molecule has 0 radical (unpaired) electrons. The minimum absolute atomic E-state index is 0.0770. The average Bonchev–Trinajstić information content (AvgIpc) is 2.68. The molecule has 1 aliphatic rings. The Labute approximate surface area is 171 Å². The maximum absolute atomic E-state index is 13.6. The summed E-state index contributed by atoms with van der Waals surface area (Å²) in [4.78, 5) is 16.8. The van der Waals surface area contributed by atoms with Gasteiger partial charge in [0.05, 0.1) is 16.7 Å². The van der Waals surface area contributed by atoms with Crippen molar-refractivity contribution in [2.24, 2.45) is 0 Å². The number of carbonyl (C=O) groups excluding carboxylic acids is 1. The van der Waals surface area contributed by atoms with Gasteiger partial charge >= 0.3 is 0 Å². The van der Waals surface area contributed by atoms with Gasteiger partial charge in [0.25, 0.3) is 5.91 Å². The van der Waals surface area contributed by atoms with E-state index in [1.54, 1.807) is 24.3 Å². The number of amides is 1. The largest absolute Gasteiger partial charge is 0.387 e. The van der Waals surface area contributed by atoms with Crippen molar-refractivity contribution in [3.8, 4) is 0 Å². The van der Waals surface area contributed by atoms with Crippen molar-refractivity contribution >= 4 is 29.1 Å². The molecule has 28 heavy (non-hydrogen) atoms. The number of aromatic nitrogens is 1. The number of rotatable bonds is 5. The van der Waals surface area contributed by atoms with Crippen LogP contribution in [-0.2, 0) is 6.67 Å². The summed E-state index contributed by atoms with van der Waals surface area (Å²) in [6, 6.07) is 7.29. The Bertz CT molecular complexity index is 858. The van der Waals surface area contributed by atoms with Gasteiger partial charge in [-0.3, -0.25) is 4.79 Å². The van der Waals surface area contributed by atoms with E-state index in [9.17, 15) is 18.7 Å². The Kier molecular flexibility index (Phi) is 6.53. The highest BCUT2D eigenvalue weighted by Gasteiger charge is 2.42. The van der Waals surface area contributed by atoms with Gasteiger partial charge in [0.15, 0.2) is 0 Å². The normalized spacial score (nSPS) is 23.2. The Morgan fingerprint density at radius 3 is 2.68 bits per heavy atom. The van der Waals surface area contributed by atoms with E-state index in [4.69, 9.17) is 23.2 Å². The number of hydrogen-bond acceptors (Lipinski definition) is 3. The zero-order valence-electron chi connectivity index (χ0n) is 15.0. The summed E-state index contributed by atoms with van der Waals surface area (Å²) in [5.41, 5.74) is -0.754. The molecule has 3 rings (SSSR count). The first-order chi connectivity index (χ1) is 13.3. The predicted molar refractivity (Wildman–Crippen MR) is 104 cm³/mol. The second kappa shape index (κ2) is 8.72. The highest BCUT2D eigenvalue weighted by Crippen LogP contribution is 2.40. The van der Waals surface area contributed by atoms with Crippen LogP contribution in [0, 0.1) is 0 Å². The van der Waals surface area contributed by atoms with Crippen LogP contribution in [0.25, 0.3) is 0 Å². The molecule has 1 aromatic heterocycles. The Morgan fingerprint density at radius 1 is 1.32 bits per heavy atom. The van der Waals surface area contributed by atoms with E-state index in [2.05, 4.69) is 10.3 Å². The Hall–Kier alpha value is -1.76. The van der Waals surface area contributed by atoms with Gasteiger partial charge in [-0.15, -0.1) is 0 Å². The van der Waals surface area contributed by atoms with Crippen molar-refractivity contribution in [1.82, 2.24) is 10.3 Å². The quantitative estimate of drug-likeness (QED) is 0.706. The van der Waals surface area contributed by atoms with E-state index in [0.29, 0.717) is 10.6 Å². The predicted octanol–water partition coefficient (Wildman–Crippen LogP) is 4.97. The molecule has 150 valence electrons. The lowest BCUT2D eigenvalue weighted by Gasteiger charge is -2.40. The van der Waals surface area contributed by atoms with Gasteiger partial charge in [0, 0.05) is 16.8 Å². The van der Waals surface area contributed by atoms with Crippen LogP contribution in [0.4, 0.5) is 8.78 Å². The molecule has 0 spiro atoms. The number of pyridine rings is 1. The summed E-state index contributed by atoms with van der Waals surface area (Å²) in [6.45, 7) is -0.832. The number of benzene rings is 1. The molecule has 0 bridgehead atoms. The molecule has 1 atom stereocenters. The smallest absolute Gasteiger partial charge is 0.272 e. The monoisotopic (exact) mass is 428 g/mol. The Morgan fingerprint density at radius 2 is 2.04 bits per heavy atom. The lowest BCUT2D eigenvalue weighted by molar-refractivity contribution is -0.0445. The lowest BCUT2D eigenvalue weighted by atomic mass is 9.76. The maximum atomic E-state index is 13.6. The molecule has 2 aromatic rings. The van der Waals surface area contributed by atoms with Gasteiger partial charge in [-0.25, -0.2) is 13.8 Å². The van der Waals surface area contributed by atoms with Crippen molar-refractivity contribution in [1.29, 1.82) is 0 Å². The zero-order valence-corrected chi connectivity index (χ0v) is 16.5. The van der Waals surface area contributed by atoms with Crippen LogP contribution in [0.15, 0.2) is 36.5 Å². The van der Waals surface area contributed by atoms with Crippen LogP contribution >= 0.6 is 23.2 Å². The molecule has 1 saturated carbocycles. The van der Waals surface area contributed by atoms with Gasteiger partial charge in [-0.2, -0.15) is 0 Å².